The molecule has 0 aromatic heterocycles. The van der Waals surface area contributed by atoms with Gasteiger partial charge in [0.15, 0.2) is 23.0 Å². The average Bonchev–Trinajstić information content (AvgIpc) is 1.62. The summed E-state index contributed by atoms with van der Waals surface area (Å²) in [6.45, 7) is 10.1. The third-order valence-corrected chi connectivity index (χ3v) is 16.4. The maximum absolute atomic E-state index is 14.1. The number of benzene rings is 4. The molecule has 3 N–H and O–H groups in total. The second-order valence-electron chi connectivity index (χ2n) is 23.4. The fourth-order valence-electron chi connectivity index (χ4n) is 11.1. The molecule has 7 amide bonds. The minimum absolute atomic E-state index is 0.162. The van der Waals surface area contributed by atoms with E-state index in [0.29, 0.717) is 162 Å². The first-order valence-electron chi connectivity index (χ1n) is 32.0. The summed E-state index contributed by atoms with van der Waals surface area (Å²) in [5, 5.41) is 8.35. The summed E-state index contributed by atoms with van der Waals surface area (Å²) in [5.41, 5.74) is 5.99. The van der Waals surface area contributed by atoms with Crippen LogP contribution in [0.5, 0.6) is 28.7 Å². The molecule has 24 nitrogen and oxygen atoms in total. The first-order chi connectivity index (χ1) is 45.6. The van der Waals surface area contributed by atoms with Crippen LogP contribution in [0.3, 0.4) is 0 Å². The van der Waals surface area contributed by atoms with Crippen LogP contribution in [0.25, 0.3) is 11.1 Å². The fourth-order valence-corrected chi connectivity index (χ4v) is 11.1. The zero-order valence-corrected chi connectivity index (χ0v) is 54.2. The van der Waals surface area contributed by atoms with E-state index in [0.717, 1.165) is 39.3 Å². The molecule has 0 saturated carbocycles. The molecule has 500 valence electrons. The van der Waals surface area contributed by atoms with E-state index >= 15 is 0 Å². The van der Waals surface area contributed by atoms with Crippen LogP contribution in [-0.4, -0.2) is 187 Å². The summed E-state index contributed by atoms with van der Waals surface area (Å²) in [5.74, 6) is -0.122. The number of methoxy groups -OCH3 is 3. The van der Waals surface area contributed by atoms with Crippen molar-refractivity contribution in [1.29, 1.82) is 0 Å². The lowest BCUT2D eigenvalue weighted by atomic mass is 10.0. The van der Waals surface area contributed by atoms with E-state index < -0.39 is 23.9 Å². The number of aliphatic imine (C=N–C) groups is 2. The number of imide groups is 1. The van der Waals surface area contributed by atoms with E-state index in [9.17, 15) is 33.6 Å². The Balaban J connectivity index is 0.682. The lowest BCUT2D eigenvalue weighted by Crippen LogP contribution is -2.53. The molecule has 4 atom stereocenters. The van der Waals surface area contributed by atoms with Crippen molar-refractivity contribution in [3.63, 3.8) is 0 Å². The lowest BCUT2D eigenvalue weighted by Gasteiger charge is -2.24. The van der Waals surface area contributed by atoms with Crippen molar-refractivity contribution in [3.8, 4) is 28.7 Å². The Hall–Kier alpha value is -9.23. The smallest absolute Gasteiger partial charge is 0.260 e. The second-order valence-corrected chi connectivity index (χ2v) is 23.4. The Kier molecular flexibility index (Phi) is 25.1. The standard InChI is InChI=1S/C70H84N8O16/c1-45(2)66(75-63(79)13-9-7-10-24-76-64(80)22-23-65(76)81)68(83)73-46(3)67(82)74-51-18-14-47(15-19-51)49-35-52-41-71-57-39-61(59(87-5)37-55(57)69(84)77(52)43-49)93-25-11-8-12-26-94-62-40-58-56(38-60(62)88-6)70(85)78-44-50(36-53(78)42-72-58)48-16-20-54(21-17-48)92-34-33-91-32-31-90-30-29-89-28-27-86-4/h14-23,37-46,52-53,66H,7-13,24-36H2,1-6H3,(H,73,83)(H,74,82)(H,75,79)/t46-,52+,53+,66?/m0/s1. The minimum Gasteiger partial charge on any atom is -0.493 e. The molecular weight excluding hydrogens is 1210 g/mol. The molecule has 0 aliphatic carbocycles. The quantitative estimate of drug-likeness (QED) is 0.0282. The van der Waals surface area contributed by atoms with Crippen molar-refractivity contribution in [3.05, 3.63) is 120 Å². The molecule has 0 saturated heterocycles. The van der Waals surface area contributed by atoms with Gasteiger partial charge in [-0.05, 0) is 104 Å². The van der Waals surface area contributed by atoms with Gasteiger partial charge in [-0.3, -0.25) is 48.4 Å². The summed E-state index contributed by atoms with van der Waals surface area (Å²) in [7, 11) is 4.70. The number of carbonyl (C=O) groups is 7. The van der Waals surface area contributed by atoms with Crippen molar-refractivity contribution in [2.45, 2.75) is 103 Å². The number of anilines is 1. The molecule has 0 fully saturated rings. The first kappa shape index (κ1) is 69.1. The number of ether oxygens (including phenoxy) is 9. The third kappa shape index (κ3) is 18.3. The van der Waals surface area contributed by atoms with Crippen LogP contribution >= 0.6 is 0 Å². The first-order valence-corrected chi connectivity index (χ1v) is 32.0. The molecule has 1 unspecified atom stereocenters. The molecule has 9 rings (SSSR count). The van der Waals surface area contributed by atoms with E-state index in [2.05, 4.69) is 16.0 Å². The summed E-state index contributed by atoms with van der Waals surface area (Å²) < 4.78 is 51.2. The SMILES string of the molecule is COCCOCCOCCOCCOc1ccc(C2=CN3C(=O)c4cc(OC)c(OCCCCCOc5cc6c(cc5OC)C(=O)N5C=C(c7ccc(NC(=O)[C@H](C)NC(=O)C(NC(=O)CCCCCN8C(=O)C=CC8=O)C(C)C)cc7)C[C@@H]5C=N6)cc4N=C[C@H]3C2)cc1. The molecule has 0 radical (unpaired) electrons. The van der Waals surface area contributed by atoms with Gasteiger partial charge in [0.25, 0.3) is 23.6 Å². The zero-order chi connectivity index (χ0) is 66.5. The summed E-state index contributed by atoms with van der Waals surface area (Å²) in [6.07, 6.45) is 14.9. The predicted molar refractivity (Wildman–Crippen MR) is 352 cm³/mol. The van der Waals surface area contributed by atoms with Gasteiger partial charge in [-0.1, -0.05) is 44.5 Å². The second kappa shape index (κ2) is 34.1. The average molecular weight is 1290 g/mol. The molecule has 0 bridgehead atoms. The van der Waals surface area contributed by atoms with E-state index in [1.807, 2.05) is 55.0 Å². The molecule has 94 heavy (non-hydrogen) atoms. The molecular formula is C70H84N8O16. The van der Waals surface area contributed by atoms with Crippen molar-refractivity contribution >= 4 is 82.0 Å². The van der Waals surface area contributed by atoms with E-state index in [1.165, 1.54) is 19.3 Å². The molecule has 24 heteroatoms. The number of rotatable bonds is 37. The van der Waals surface area contributed by atoms with Gasteiger partial charge in [0.05, 0.1) is 108 Å². The number of nitrogens with zero attached hydrogens (tertiary/aromatic N) is 5. The Labute approximate surface area is 547 Å². The topological polar surface area (TPSA) is 273 Å². The summed E-state index contributed by atoms with van der Waals surface area (Å²) >= 11 is 0. The van der Waals surface area contributed by atoms with Gasteiger partial charge in [0, 0.05) is 87.7 Å². The van der Waals surface area contributed by atoms with Crippen LogP contribution in [0, 0.1) is 5.92 Å². The number of hydrogen-bond acceptors (Lipinski definition) is 18. The van der Waals surface area contributed by atoms with Gasteiger partial charge in [-0.2, -0.15) is 0 Å². The van der Waals surface area contributed by atoms with Crippen LogP contribution in [-0.2, 0) is 42.9 Å². The maximum Gasteiger partial charge on any atom is 0.260 e. The zero-order valence-electron chi connectivity index (χ0n) is 54.2. The van der Waals surface area contributed by atoms with Crippen molar-refractivity contribution < 1.29 is 76.2 Å². The van der Waals surface area contributed by atoms with Gasteiger partial charge in [0.1, 0.15) is 24.4 Å². The Morgan fingerprint density at radius 3 is 1.55 bits per heavy atom. The van der Waals surface area contributed by atoms with E-state index in [-0.39, 0.29) is 60.5 Å². The van der Waals surface area contributed by atoms with Crippen molar-refractivity contribution in [2.75, 3.05) is 99.3 Å². The highest BCUT2D eigenvalue weighted by Crippen LogP contribution is 2.42. The number of nitrogens with one attached hydrogen (secondary N) is 3. The number of hydrogen-bond donors (Lipinski definition) is 3. The third-order valence-electron chi connectivity index (χ3n) is 16.4. The number of amides is 7. The highest BCUT2D eigenvalue weighted by atomic mass is 16.6. The van der Waals surface area contributed by atoms with Crippen molar-refractivity contribution in [1.82, 2.24) is 25.3 Å². The minimum atomic E-state index is -0.927. The van der Waals surface area contributed by atoms with Gasteiger partial charge >= 0.3 is 0 Å². The highest BCUT2D eigenvalue weighted by Gasteiger charge is 2.36. The van der Waals surface area contributed by atoms with Gasteiger partial charge < -0.3 is 68.4 Å². The number of unbranched alkanes of at least 4 members (excludes halogenated alkanes) is 4. The number of fused-ring (bicyclic) bond motifs is 4. The van der Waals surface area contributed by atoms with Crippen LogP contribution in [0.1, 0.15) is 110 Å². The Morgan fingerprint density at radius 2 is 1.04 bits per heavy atom. The molecule has 4 aromatic rings. The van der Waals surface area contributed by atoms with Crippen LogP contribution in [0.4, 0.5) is 17.1 Å². The molecule has 4 aromatic carbocycles. The van der Waals surface area contributed by atoms with Crippen molar-refractivity contribution in [2.24, 2.45) is 15.9 Å². The molecule has 0 spiro atoms. The normalized spacial score (nSPS) is 16.8. The molecule has 5 aliphatic heterocycles. The fraction of sp³-hybridized carbons (Fsp3) is 0.443. The predicted octanol–water partition coefficient (Wildman–Crippen LogP) is 8.42. The van der Waals surface area contributed by atoms with Gasteiger partial charge in [-0.15, -0.1) is 0 Å². The van der Waals surface area contributed by atoms with E-state index in [4.69, 9.17) is 52.6 Å². The van der Waals surface area contributed by atoms with Crippen LogP contribution in [0.15, 0.2) is 107 Å². The van der Waals surface area contributed by atoms with Gasteiger partial charge in [-0.25, -0.2) is 0 Å². The van der Waals surface area contributed by atoms with Gasteiger partial charge in [0.2, 0.25) is 17.7 Å². The lowest BCUT2D eigenvalue weighted by molar-refractivity contribution is -0.137. The largest absolute Gasteiger partial charge is 0.493 e. The monoisotopic (exact) mass is 1290 g/mol. The van der Waals surface area contributed by atoms with Crippen LogP contribution in [0.2, 0.25) is 0 Å². The summed E-state index contributed by atoms with van der Waals surface area (Å²) in [4.78, 5) is 105. The van der Waals surface area contributed by atoms with E-state index in [1.54, 1.807) is 87.4 Å². The Morgan fingerprint density at radius 1 is 0.543 bits per heavy atom. The Bertz CT molecular complexity index is 3490. The molecule has 5 heterocycles. The maximum atomic E-state index is 14.1. The highest BCUT2D eigenvalue weighted by molar-refractivity contribution is 6.13. The van der Waals surface area contributed by atoms with Crippen LogP contribution < -0.4 is 39.6 Å². The molecule has 5 aliphatic rings. The summed E-state index contributed by atoms with van der Waals surface area (Å²) in [6, 6.07) is 19.4. The number of carbonyl (C=O) groups excluding carboxylic acids is 7.